The Kier molecular flexibility index (Phi) is 2.86. The van der Waals surface area contributed by atoms with Gasteiger partial charge < -0.3 is 5.11 Å². The summed E-state index contributed by atoms with van der Waals surface area (Å²) < 4.78 is 0. The van der Waals surface area contributed by atoms with E-state index in [1.807, 2.05) is 37.3 Å². The molecule has 3 heteroatoms. The van der Waals surface area contributed by atoms with E-state index < -0.39 is 5.97 Å². The van der Waals surface area contributed by atoms with E-state index in [9.17, 15) is 4.79 Å². The molecule has 82 valence electrons. The number of pyridine rings is 1. The predicted octanol–water partition coefficient (Wildman–Crippen LogP) is 2.81. The van der Waals surface area contributed by atoms with E-state index in [1.165, 1.54) is 0 Å². The molecular weight excluding hydrogens is 202 g/mol. The Balaban J connectivity index is 2.47. The Morgan fingerprint density at radius 2 is 2.12 bits per heavy atom. The van der Waals surface area contributed by atoms with Crippen molar-refractivity contribution in [2.24, 2.45) is 0 Å². The summed E-state index contributed by atoms with van der Waals surface area (Å²) in [6, 6.07) is 9.84. The van der Waals surface area contributed by atoms with Crippen LogP contribution in [0.5, 0.6) is 0 Å². The second kappa shape index (κ2) is 4.31. The van der Waals surface area contributed by atoms with Crippen LogP contribution in [-0.2, 0) is 4.79 Å². The van der Waals surface area contributed by atoms with Crippen LogP contribution in [0.15, 0.2) is 36.5 Å². The molecule has 0 saturated heterocycles. The van der Waals surface area contributed by atoms with Gasteiger partial charge in [0.2, 0.25) is 0 Å². The van der Waals surface area contributed by atoms with Crippen LogP contribution in [0, 0.1) is 0 Å². The number of carbonyl (C=O) groups is 1. The summed E-state index contributed by atoms with van der Waals surface area (Å²) in [5, 5.41) is 10.9. The van der Waals surface area contributed by atoms with Crippen molar-refractivity contribution in [3.05, 3.63) is 42.2 Å². The number of carboxylic acid groups (broad SMARTS) is 1. The number of nitrogens with zero attached hydrogens (tertiary/aromatic N) is 1. The molecule has 1 aromatic heterocycles. The monoisotopic (exact) mass is 215 g/mol. The van der Waals surface area contributed by atoms with Crippen molar-refractivity contribution in [3.63, 3.8) is 0 Å². The van der Waals surface area contributed by atoms with Crippen LogP contribution in [0.25, 0.3) is 10.8 Å². The number of aromatic nitrogens is 1. The van der Waals surface area contributed by atoms with Crippen molar-refractivity contribution >= 4 is 16.7 Å². The topological polar surface area (TPSA) is 50.2 Å². The molecule has 3 nitrogen and oxygen atoms in total. The second-order valence-electron chi connectivity index (χ2n) is 3.92. The zero-order valence-electron chi connectivity index (χ0n) is 9.05. The molecule has 0 spiro atoms. The zero-order chi connectivity index (χ0) is 11.5. The third kappa shape index (κ3) is 2.03. The van der Waals surface area contributed by atoms with E-state index >= 15 is 0 Å². The maximum atomic E-state index is 10.7. The Morgan fingerprint density at radius 3 is 2.88 bits per heavy atom. The Morgan fingerprint density at radius 1 is 1.38 bits per heavy atom. The molecule has 16 heavy (non-hydrogen) atoms. The molecule has 2 aromatic rings. The normalized spacial score (nSPS) is 12.6. The molecule has 1 unspecified atom stereocenters. The van der Waals surface area contributed by atoms with E-state index in [4.69, 9.17) is 5.11 Å². The lowest BCUT2D eigenvalue weighted by Crippen LogP contribution is -2.05. The first-order valence-corrected chi connectivity index (χ1v) is 5.24. The Labute approximate surface area is 93.7 Å². The average Bonchev–Trinajstić information content (AvgIpc) is 2.27. The summed E-state index contributed by atoms with van der Waals surface area (Å²) in [6.45, 7) is 1.89. The van der Waals surface area contributed by atoms with Crippen molar-refractivity contribution in [3.8, 4) is 0 Å². The molecule has 0 aliphatic heterocycles. The predicted molar refractivity (Wildman–Crippen MR) is 62.4 cm³/mol. The molecule has 0 fully saturated rings. The van der Waals surface area contributed by atoms with Gasteiger partial charge in [0.25, 0.3) is 0 Å². The first kappa shape index (κ1) is 10.6. The fourth-order valence-corrected chi connectivity index (χ4v) is 1.89. The second-order valence-corrected chi connectivity index (χ2v) is 3.92. The summed E-state index contributed by atoms with van der Waals surface area (Å²) in [6.07, 6.45) is 1.84. The number of carboxylic acids is 1. The summed E-state index contributed by atoms with van der Waals surface area (Å²) in [5.74, 6) is -0.856. The third-order valence-corrected chi connectivity index (χ3v) is 2.65. The first-order valence-electron chi connectivity index (χ1n) is 5.24. The van der Waals surface area contributed by atoms with E-state index in [1.54, 1.807) is 6.20 Å². The lowest BCUT2D eigenvalue weighted by atomic mass is 9.98. The third-order valence-electron chi connectivity index (χ3n) is 2.65. The van der Waals surface area contributed by atoms with Gasteiger partial charge in [0.1, 0.15) is 0 Å². The zero-order valence-corrected chi connectivity index (χ0v) is 9.05. The highest BCUT2D eigenvalue weighted by molar-refractivity contribution is 5.85. The van der Waals surface area contributed by atoms with Crippen LogP contribution in [0.1, 0.15) is 25.0 Å². The number of hydrogen-bond donors (Lipinski definition) is 1. The highest BCUT2D eigenvalue weighted by Crippen LogP contribution is 2.25. The van der Waals surface area contributed by atoms with E-state index in [2.05, 4.69) is 4.98 Å². The smallest absolute Gasteiger partial charge is 0.304 e. The fraction of sp³-hybridized carbons (Fsp3) is 0.231. The SMILES string of the molecule is CC(CC(=O)O)c1nccc2ccccc12. The average molecular weight is 215 g/mol. The molecule has 2 rings (SSSR count). The van der Waals surface area contributed by atoms with Crippen LogP contribution in [0.4, 0.5) is 0 Å². The molecule has 0 amide bonds. The van der Waals surface area contributed by atoms with Crippen molar-refractivity contribution in [2.45, 2.75) is 19.3 Å². The van der Waals surface area contributed by atoms with Crippen molar-refractivity contribution in [2.75, 3.05) is 0 Å². The summed E-state index contributed by atoms with van der Waals surface area (Å²) in [5.41, 5.74) is 0.862. The van der Waals surface area contributed by atoms with Crippen molar-refractivity contribution in [1.29, 1.82) is 0 Å². The first-order chi connectivity index (χ1) is 7.68. The number of rotatable bonds is 3. The van der Waals surface area contributed by atoms with Gasteiger partial charge in [-0.3, -0.25) is 9.78 Å². The largest absolute Gasteiger partial charge is 0.481 e. The summed E-state index contributed by atoms with van der Waals surface area (Å²) in [7, 11) is 0. The molecular formula is C13H13NO2. The van der Waals surface area contributed by atoms with Gasteiger partial charge in [-0.1, -0.05) is 31.2 Å². The minimum absolute atomic E-state index is 0.0661. The quantitative estimate of drug-likeness (QED) is 0.856. The number of aliphatic carboxylic acids is 1. The van der Waals surface area contributed by atoms with Gasteiger partial charge in [0, 0.05) is 17.5 Å². The summed E-state index contributed by atoms with van der Waals surface area (Å²) in [4.78, 5) is 15.0. The maximum Gasteiger partial charge on any atom is 0.304 e. The van der Waals surface area contributed by atoms with Crippen LogP contribution in [0.2, 0.25) is 0 Å². The molecule has 1 atom stereocenters. The van der Waals surface area contributed by atoms with Crippen LogP contribution >= 0.6 is 0 Å². The number of hydrogen-bond acceptors (Lipinski definition) is 2. The molecule has 0 radical (unpaired) electrons. The molecule has 1 aromatic carbocycles. The van der Waals surface area contributed by atoms with E-state index in [0.717, 1.165) is 16.5 Å². The van der Waals surface area contributed by atoms with Crippen LogP contribution < -0.4 is 0 Å². The van der Waals surface area contributed by atoms with Gasteiger partial charge in [0.05, 0.1) is 12.1 Å². The minimum Gasteiger partial charge on any atom is -0.481 e. The van der Waals surface area contributed by atoms with Crippen molar-refractivity contribution in [1.82, 2.24) is 4.98 Å². The van der Waals surface area contributed by atoms with E-state index in [-0.39, 0.29) is 12.3 Å². The Hall–Kier alpha value is -1.90. The molecule has 0 aliphatic rings. The van der Waals surface area contributed by atoms with Gasteiger partial charge in [-0.05, 0) is 11.5 Å². The molecule has 0 saturated carbocycles. The lowest BCUT2D eigenvalue weighted by molar-refractivity contribution is -0.137. The van der Waals surface area contributed by atoms with Gasteiger partial charge >= 0.3 is 5.97 Å². The highest BCUT2D eigenvalue weighted by Gasteiger charge is 2.13. The highest BCUT2D eigenvalue weighted by atomic mass is 16.4. The van der Waals surface area contributed by atoms with Crippen LogP contribution in [0.3, 0.4) is 0 Å². The van der Waals surface area contributed by atoms with Crippen LogP contribution in [-0.4, -0.2) is 16.1 Å². The van der Waals surface area contributed by atoms with Crippen molar-refractivity contribution < 1.29 is 9.90 Å². The van der Waals surface area contributed by atoms with E-state index in [0.29, 0.717) is 0 Å². The lowest BCUT2D eigenvalue weighted by Gasteiger charge is -2.10. The standard InChI is InChI=1S/C13H13NO2/c1-9(8-12(15)16)13-11-5-3-2-4-10(11)6-7-14-13/h2-7,9H,8H2,1H3,(H,15,16). The fourth-order valence-electron chi connectivity index (χ4n) is 1.89. The molecule has 1 heterocycles. The number of benzene rings is 1. The molecule has 1 N–H and O–H groups in total. The minimum atomic E-state index is -0.790. The maximum absolute atomic E-state index is 10.7. The Bertz CT molecular complexity index is 517. The number of fused-ring (bicyclic) bond motifs is 1. The molecule has 0 bridgehead atoms. The van der Waals surface area contributed by atoms with Gasteiger partial charge in [-0.2, -0.15) is 0 Å². The van der Waals surface area contributed by atoms with Gasteiger partial charge in [-0.25, -0.2) is 0 Å². The van der Waals surface area contributed by atoms with Gasteiger partial charge in [0.15, 0.2) is 0 Å². The van der Waals surface area contributed by atoms with Gasteiger partial charge in [-0.15, -0.1) is 0 Å². The summed E-state index contributed by atoms with van der Waals surface area (Å²) >= 11 is 0. The molecule has 0 aliphatic carbocycles.